The largest absolute Gasteiger partial charge is 0.378 e. The number of aromatic nitrogens is 2. The van der Waals surface area contributed by atoms with Crippen molar-refractivity contribution in [3.05, 3.63) is 52.2 Å². The van der Waals surface area contributed by atoms with Crippen LogP contribution in [-0.4, -0.2) is 52.6 Å². The highest BCUT2D eigenvalue weighted by Crippen LogP contribution is 2.15. The normalized spacial score (nSPS) is 15.1. The molecule has 25 heavy (non-hydrogen) atoms. The van der Waals surface area contributed by atoms with Crippen LogP contribution >= 0.6 is 11.5 Å². The molecule has 1 aliphatic heterocycles. The van der Waals surface area contributed by atoms with Crippen LogP contribution in [0.4, 0.5) is 0 Å². The van der Waals surface area contributed by atoms with E-state index < -0.39 is 0 Å². The molecular weight excluding hydrogens is 340 g/mol. The van der Waals surface area contributed by atoms with E-state index in [0.29, 0.717) is 37.6 Å². The number of hydrogen-bond acceptors (Lipinski definition) is 6. The van der Waals surface area contributed by atoms with Gasteiger partial charge in [0.2, 0.25) is 0 Å². The molecule has 2 amide bonds. The molecule has 1 aromatic carbocycles. The van der Waals surface area contributed by atoms with Crippen LogP contribution in [0.1, 0.15) is 20.9 Å². The lowest BCUT2D eigenvalue weighted by Gasteiger charge is -2.27. The molecule has 0 atom stereocenters. The summed E-state index contributed by atoms with van der Waals surface area (Å²) in [5.74, 6) is -0.566. The van der Waals surface area contributed by atoms with Gasteiger partial charge in [0, 0.05) is 18.7 Å². The summed E-state index contributed by atoms with van der Waals surface area (Å²) in [6, 6.07) is 8.79. The zero-order valence-corrected chi connectivity index (χ0v) is 14.6. The van der Waals surface area contributed by atoms with Gasteiger partial charge >= 0.3 is 0 Å². The lowest BCUT2D eigenvalue weighted by atomic mass is 10.2. The average molecular weight is 358 g/mol. The summed E-state index contributed by atoms with van der Waals surface area (Å²) < 4.78 is 9.16. The number of hydrogen-bond donors (Lipinski definition) is 1. The first kappa shape index (κ1) is 17.2. The first-order valence-electron chi connectivity index (χ1n) is 7.89. The van der Waals surface area contributed by atoms with Crippen LogP contribution in [0.25, 0.3) is 6.08 Å². The van der Waals surface area contributed by atoms with Crippen molar-refractivity contribution in [2.45, 2.75) is 6.92 Å². The molecule has 2 aromatic rings. The number of nitrogens with zero attached hydrogens (tertiary/aromatic N) is 3. The van der Waals surface area contributed by atoms with Crippen molar-refractivity contribution >= 4 is 29.4 Å². The van der Waals surface area contributed by atoms with Gasteiger partial charge in [-0.3, -0.25) is 9.59 Å². The van der Waals surface area contributed by atoms with E-state index >= 15 is 0 Å². The van der Waals surface area contributed by atoms with Crippen LogP contribution in [0.15, 0.2) is 36.0 Å². The Morgan fingerprint density at radius 3 is 2.60 bits per heavy atom. The molecule has 1 saturated heterocycles. The number of aryl methyl sites for hydroxylation is 1. The molecule has 0 saturated carbocycles. The van der Waals surface area contributed by atoms with Crippen LogP contribution in [0.3, 0.4) is 0 Å². The molecular formula is C17H18N4O3S. The van der Waals surface area contributed by atoms with Gasteiger partial charge in [0.05, 0.1) is 23.8 Å². The molecule has 1 N–H and O–H groups in total. The Bertz CT molecular complexity index is 782. The Hall–Kier alpha value is -2.58. The van der Waals surface area contributed by atoms with Gasteiger partial charge in [-0.15, -0.1) is 5.10 Å². The average Bonchev–Trinajstić information content (AvgIpc) is 3.06. The van der Waals surface area contributed by atoms with Crippen molar-refractivity contribution < 1.29 is 14.3 Å². The van der Waals surface area contributed by atoms with Gasteiger partial charge in [0.1, 0.15) is 5.70 Å². The molecule has 130 valence electrons. The molecule has 7 nitrogen and oxygen atoms in total. The number of ether oxygens (including phenoxy) is 1. The standard InChI is InChI=1S/C17H18N4O3S/c1-12-15(25-20-19-12)11-14(17(23)21-7-9-24-10-8-21)18-16(22)13-5-3-2-4-6-13/h2-6,11H,7-10H2,1H3,(H,18,22)/b14-11+. The highest BCUT2D eigenvalue weighted by atomic mass is 32.1. The van der Waals surface area contributed by atoms with Crippen LogP contribution in [0.5, 0.6) is 0 Å². The molecule has 0 aliphatic carbocycles. The molecule has 1 fully saturated rings. The summed E-state index contributed by atoms with van der Waals surface area (Å²) >= 11 is 1.18. The number of nitrogens with one attached hydrogen (secondary N) is 1. The molecule has 0 radical (unpaired) electrons. The molecule has 1 aliphatic rings. The van der Waals surface area contributed by atoms with Crippen LogP contribution in [-0.2, 0) is 9.53 Å². The van der Waals surface area contributed by atoms with Crippen molar-refractivity contribution in [2.24, 2.45) is 0 Å². The highest BCUT2D eigenvalue weighted by Gasteiger charge is 2.23. The van der Waals surface area contributed by atoms with Crippen LogP contribution in [0.2, 0.25) is 0 Å². The lowest BCUT2D eigenvalue weighted by molar-refractivity contribution is -0.131. The second kappa shape index (κ2) is 8.00. The van der Waals surface area contributed by atoms with E-state index in [1.165, 1.54) is 11.5 Å². The van der Waals surface area contributed by atoms with Gasteiger partial charge in [-0.05, 0) is 36.7 Å². The van der Waals surface area contributed by atoms with Gasteiger partial charge in [-0.2, -0.15) is 0 Å². The maximum atomic E-state index is 12.9. The molecule has 0 bridgehead atoms. The molecule has 3 rings (SSSR count). The SMILES string of the molecule is Cc1nnsc1/C=C(/NC(=O)c1ccccc1)C(=O)N1CCOCC1. The second-order valence-corrected chi connectivity index (χ2v) is 6.29. The summed E-state index contributed by atoms with van der Waals surface area (Å²) in [5.41, 5.74) is 1.42. The van der Waals surface area contributed by atoms with E-state index in [2.05, 4.69) is 14.9 Å². The van der Waals surface area contributed by atoms with Gasteiger partial charge in [-0.1, -0.05) is 22.7 Å². The number of amides is 2. The summed E-state index contributed by atoms with van der Waals surface area (Å²) in [5, 5.41) is 6.68. The molecule has 0 spiro atoms. The fraction of sp³-hybridized carbons (Fsp3) is 0.294. The van der Waals surface area contributed by atoms with Gasteiger partial charge in [-0.25, -0.2) is 0 Å². The lowest BCUT2D eigenvalue weighted by Crippen LogP contribution is -2.44. The Morgan fingerprint density at radius 1 is 1.24 bits per heavy atom. The molecule has 8 heteroatoms. The van der Waals surface area contributed by atoms with E-state index in [1.54, 1.807) is 35.2 Å². The first-order chi connectivity index (χ1) is 12.1. The first-order valence-corrected chi connectivity index (χ1v) is 8.66. The van der Waals surface area contributed by atoms with Crippen LogP contribution < -0.4 is 5.32 Å². The Labute approximate surface area is 149 Å². The predicted molar refractivity (Wildman–Crippen MR) is 93.9 cm³/mol. The van der Waals surface area contributed by atoms with Gasteiger partial charge in [0.15, 0.2) is 0 Å². The number of benzene rings is 1. The van der Waals surface area contributed by atoms with E-state index in [4.69, 9.17) is 4.74 Å². The van der Waals surface area contributed by atoms with E-state index in [0.717, 1.165) is 4.88 Å². The van der Waals surface area contributed by atoms with E-state index in [-0.39, 0.29) is 17.5 Å². The predicted octanol–water partition coefficient (Wildman–Crippen LogP) is 1.48. The maximum Gasteiger partial charge on any atom is 0.270 e. The molecule has 0 unspecified atom stereocenters. The molecule has 2 heterocycles. The third kappa shape index (κ3) is 4.28. The summed E-state index contributed by atoms with van der Waals surface area (Å²) in [4.78, 5) is 27.7. The third-order valence-electron chi connectivity index (χ3n) is 3.77. The minimum atomic E-state index is -0.330. The summed E-state index contributed by atoms with van der Waals surface area (Å²) in [6.45, 7) is 3.79. The molecule has 1 aromatic heterocycles. The van der Waals surface area contributed by atoms with E-state index in [1.807, 2.05) is 13.0 Å². The van der Waals surface area contributed by atoms with Crippen LogP contribution in [0, 0.1) is 6.92 Å². The van der Waals surface area contributed by atoms with Crippen molar-refractivity contribution in [1.82, 2.24) is 19.8 Å². The fourth-order valence-corrected chi connectivity index (χ4v) is 2.97. The second-order valence-electron chi connectivity index (χ2n) is 5.51. The zero-order chi connectivity index (χ0) is 17.6. The Kier molecular flexibility index (Phi) is 5.52. The van der Waals surface area contributed by atoms with Crippen molar-refractivity contribution in [3.63, 3.8) is 0 Å². The summed E-state index contributed by atoms with van der Waals surface area (Å²) in [7, 11) is 0. The number of carbonyl (C=O) groups excluding carboxylic acids is 2. The van der Waals surface area contributed by atoms with Gasteiger partial charge in [0.25, 0.3) is 11.8 Å². The number of morpholine rings is 1. The van der Waals surface area contributed by atoms with Crippen molar-refractivity contribution in [1.29, 1.82) is 0 Å². The van der Waals surface area contributed by atoms with Crippen molar-refractivity contribution in [3.8, 4) is 0 Å². The monoisotopic (exact) mass is 358 g/mol. The number of carbonyl (C=O) groups is 2. The minimum Gasteiger partial charge on any atom is -0.378 e. The Morgan fingerprint density at radius 2 is 1.96 bits per heavy atom. The van der Waals surface area contributed by atoms with Gasteiger partial charge < -0.3 is 15.0 Å². The quantitative estimate of drug-likeness (QED) is 0.837. The summed E-state index contributed by atoms with van der Waals surface area (Å²) in [6.07, 6.45) is 1.64. The van der Waals surface area contributed by atoms with E-state index in [9.17, 15) is 9.59 Å². The minimum absolute atomic E-state index is 0.213. The smallest absolute Gasteiger partial charge is 0.270 e. The maximum absolute atomic E-state index is 12.9. The highest BCUT2D eigenvalue weighted by molar-refractivity contribution is 7.06. The fourth-order valence-electron chi connectivity index (χ4n) is 2.37. The third-order valence-corrected chi connectivity index (χ3v) is 4.55. The topological polar surface area (TPSA) is 84.4 Å². The number of rotatable bonds is 4. The Balaban J connectivity index is 1.86. The van der Waals surface area contributed by atoms with Crippen molar-refractivity contribution in [2.75, 3.05) is 26.3 Å². The zero-order valence-electron chi connectivity index (χ0n) is 13.8.